The van der Waals surface area contributed by atoms with Crippen molar-refractivity contribution >= 4 is 23.1 Å². The van der Waals surface area contributed by atoms with Gasteiger partial charge in [0.15, 0.2) is 0 Å². The summed E-state index contributed by atoms with van der Waals surface area (Å²) in [5.41, 5.74) is -0.0562. The fourth-order valence-corrected chi connectivity index (χ4v) is 3.72. The summed E-state index contributed by atoms with van der Waals surface area (Å²) >= 11 is 0. The molecule has 4 rings (SSSR count). The number of amides is 1. The molecule has 3 aromatic rings. The Morgan fingerprint density at radius 2 is 1.82 bits per heavy atom. The van der Waals surface area contributed by atoms with E-state index in [1.54, 1.807) is 36.4 Å². The highest BCUT2D eigenvalue weighted by molar-refractivity contribution is 6.51. The lowest BCUT2D eigenvalue weighted by Gasteiger charge is -2.25. The number of Topliss-reactive ketones (excluding diaryl/α,β-unsaturated/α-hetero) is 1. The van der Waals surface area contributed by atoms with E-state index in [1.807, 2.05) is 13.8 Å². The lowest BCUT2D eigenvalue weighted by molar-refractivity contribution is -0.132. The number of pyridine rings is 1. The second kappa shape index (κ2) is 8.82. The van der Waals surface area contributed by atoms with Gasteiger partial charge < -0.3 is 9.84 Å². The van der Waals surface area contributed by atoms with E-state index < -0.39 is 40.8 Å². The number of hydrogen-bond acceptors (Lipinski definition) is 5. The van der Waals surface area contributed by atoms with Crippen molar-refractivity contribution in [3.63, 3.8) is 0 Å². The first kappa shape index (κ1) is 22.1. The third-order valence-electron chi connectivity index (χ3n) is 5.11. The summed E-state index contributed by atoms with van der Waals surface area (Å²) in [6.45, 7) is 3.74. The van der Waals surface area contributed by atoms with Gasteiger partial charge in [-0.2, -0.15) is 0 Å². The van der Waals surface area contributed by atoms with Crippen LogP contribution in [0.5, 0.6) is 5.75 Å². The largest absolute Gasteiger partial charge is 0.507 e. The normalized spacial score (nSPS) is 17.6. The van der Waals surface area contributed by atoms with Crippen LogP contribution in [0.25, 0.3) is 5.76 Å². The number of carbonyl (C=O) groups is 2. The van der Waals surface area contributed by atoms with Crippen LogP contribution < -0.4 is 9.64 Å². The molecule has 0 spiro atoms. The van der Waals surface area contributed by atoms with E-state index in [0.717, 1.165) is 23.1 Å². The number of anilines is 1. The van der Waals surface area contributed by atoms with Gasteiger partial charge in [0.2, 0.25) is 0 Å². The number of carbonyl (C=O) groups excluding carboxylic acids is 2. The topological polar surface area (TPSA) is 79.7 Å². The van der Waals surface area contributed by atoms with Gasteiger partial charge in [-0.1, -0.05) is 6.07 Å². The summed E-state index contributed by atoms with van der Waals surface area (Å²) < 4.78 is 34.1. The Hall–Kier alpha value is -4.07. The first-order valence-corrected chi connectivity index (χ1v) is 10.2. The highest BCUT2D eigenvalue weighted by Crippen LogP contribution is 2.42. The van der Waals surface area contributed by atoms with E-state index in [-0.39, 0.29) is 17.2 Å². The number of aromatic nitrogens is 1. The molecular formula is C25H20F2N2O4. The number of aliphatic hydroxyl groups excluding tert-OH is 1. The molecule has 1 aromatic heterocycles. The molecule has 1 atom stereocenters. The van der Waals surface area contributed by atoms with Crippen LogP contribution in [0.3, 0.4) is 0 Å². The molecule has 0 bridgehead atoms. The summed E-state index contributed by atoms with van der Waals surface area (Å²) in [5.74, 6) is -3.66. The Morgan fingerprint density at radius 1 is 1.09 bits per heavy atom. The Morgan fingerprint density at radius 3 is 2.45 bits per heavy atom. The number of ketones is 1. The molecule has 2 aromatic carbocycles. The summed E-state index contributed by atoms with van der Waals surface area (Å²) in [4.78, 5) is 30.9. The molecule has 33 heavy (non-hydrogen) atoms. The molecule has 2 heterocycles. The minimum Gasteiger partial charge on any atom is -0.507 e. The fraction of sp³-hybridized carbons (Fsp3) is 0.160. The Labute approximate surface area is 188 Å². The average Bonchev–Trinajstić information content (AvgIpc) is 3.06. The predicted octanol–water partition coefficient (Wildman–Crippen LogP) is 4.77. The second-order valence-electron chi connectivity index (χ2n) is 7.74. The van der Waals surface area contributed by atoms with Crippen LogP contribution >= 0.6 is 0 Å². The van der Waals surface area contributed by atoms with Gasteiger partial charge >= 0.3 is 0 Å². The molecule has 0 aliphatic carbocycles. The molecule has 1 saturated heterocycles. The molecule has 8 heteroatoms. The summed E-state index contributed by atoms with van der Waals surface area (Å²) in [6.07, 6.45) is 2.83. The maximum atomic E-state index is 14.6. The number of halogens is 2. The lowest BCUT2D eigenvalue weighted by atomic mass is 9.96. The van der Waals surface area contributed by atoms with Crippen molar-refractivity contribution in [2.45, 2.75) is 26.0 Å². The lowest BCUT2D eigenvalue weighted by Crippen LogP contribution is -2.30. The maximum Gasteiger partial charge on any atom is 0.300 e. The monoisotopic (exact) mass is 450 g/mol. The van der Waals surface area contributed by atoms with Crippen LogP contribution in [0.2, 0.25) is 0 Å². The summed E-state index contributed by atoms with van der Waals surface area (Å²) in [6, 6.07) is 10.9. The van der Waals surface area contributed by atoms with Crippen molar-refractivity contribution in [1.29, 1.82) is 0 Å². The molecule has 1 aliphatic heterocycles. The number of nitrogens with zero attached hydrogens (tertiary/aromatic N) is 2. The predicted molar refractivity (Wildman–Crippen MR) is 118 cm³/mol. The van der Waals surface area contributed by atoms with E-state index in [4.69, 9.17) is 4.74 Å². The first-order chi connectivity index (χ1) is 15.8. The zero-order valence-electron chi connectivity index (χ0n) is 17.8. The van der Waals surface area contributed by atoms with Gasteiger partial charge in [0.05, 0.1) is 23.4 Å². The van der Waals surface area contributed by atoms with Gasteiger partial charge in [-0.25, -0.2) is 8.78 Å². The SMILES string of the molecule is CC(C)Oc1ccc(/C(O)=C2\C(=O)C(=O)N(c3cc(F)ccc3F)C2c2cccnc2)cc1. The number of aliphatic hydroxyl groups is 1. The van der Waals surface area contributed by atoms with Crippen molar-refractivity contribution in [3.8, 4) is 5.75 Å². The van der Waals surface area contributed by atoms with Crippen molar-refractivity contribution in [3.05, 3.63) is 95.3 Å². The summed E-state index contributed by atoms with van der Waals surface area (Å²) in [5, 5.41) is 11.1. The molecule has 1 amide bonds. The fourth-order valence-electron chi connectivity index (χ4n) is 3.72. The third-order valence-corrected chi connectivity index (χ3v) is 5.11. The smallest absolute Gasteiger partial charge is 0.300 e. The number of benzene rings is 2. The van der Waals surface area contributed by atoms with Gasteiger partial charge in [-0.15, -0.1) is 0 Å². The highest BCUT2D eigenvalue weighted by atomic mass is 19.1. The van der Waals surface area contributed by atoms with Crippen molar-refractivity contribution in [1.82, 2.24) is 4.98 Å². The van der Waals surface area contributed by atoms with Gasteiger partial charge in [-0.05, 0) is 61.9 Å². The maximum absolute atomic E-state index is 14.6. The molecule has 1 N–H and O–H groups in total. The number of hydrogen-bond donors (Lipinski definition) is 1. The quantitative estimate of drug-likeness (QED) is 0.344. The standard InChI is InChI=1S/C25H20F2N2O4/c1-14(2)33-18-8-5-15(6-9-18)23(30)21-22(16-4-3-11-28-13-16)29(25(32)24(21)31)20-12-17(26)7-10-19(20)27/h3-14,22,30H,1-2H3/b23-21+. The van der Waals surface area contributed by atoms with Gasteiger partial charge in [0.25, 0.3) is 11.7 Å². The van der Waals surface area contributed by atoms with Crippen molar-refractivity contribution in [2.24, 2.45) is 0 Å². The van der Waals surface area contributed by atoms with Crippen molar-refractivity contribution in [2.75, 3.05) is 4.90 Å². The molecule has 0 radical (unpaired) electrons. The zero-order chi connectivity index (χ0) is 23.7. The molecule has 0 saturated carbocycles. The third kappa shape index (κ3) is 4.19. The molecule has 1 unspecified atom stereocenters. The van der Waals surface area contributed by atoms with Crippen LogP contribution in [0.15, 0.2) is 72.6 Å². The van der Waals surface area contributed by atoms with E-state index in [2.05, 4.69) is 4.98 Å². The van der Waals surface area contributed by atoms with Crippen LogP contribution in [-0.2, 0) is 9.59 Å². The number of rotatable bonds is 5. The number of ether oxygens (including phenoxy) is 1. The molecular weight excluding hydrogens is 430 g/mol. The van der Waals surface area contributed by atoms with Crippen LogP contribution in [-0.4, -0.2) is 27.9 Å². The molecule has 168 valence electrons. The zero-order valence-corrected chi connectivity index (χ0v) is 17.8. The average molecular weight is 450 g/mol. The van der Waals surface area contributed by atoms with Gasteiger partial charge in [-0.3, -0.25) is 19.5 Å². The van der Waals surface area contributed by atoms with Crippen LogP contribution in [0.1, 0.15) is 31.0 Å². The first-order valence-electron chi connectivity index (χ1n) is 10.2. The van der Waals surface area contributed by atoms with Gasteiger partial charge in [0.1, 0.15) is 23.1 Å². The Balaban J connectivity index is 1.88. The molecule has 1 aliphatic rings. The van der Waals surface area contributed by atoms with Crippen molar-refractivity contribution < 1.29 is 28.2 Å². The van der Waals surface area contributed by atoms with E-state index >= 15 is 0 Å². The molecule has 6 nitrogen and oxygen atoms in total. The van der Waals surface area contributed by atoms with Crippen LogP contribution in [0, 0.1) is 11.6 Å². The van der Waals surface area contributed by atoms with Gasteiger partial charge in [0, 0.05) is 24.0 Å². The highest BCUT2D eigenvalue weighted by Gasteiger charge is 2.48. The molecule has 1 fully saturated rings. The van der Waals surface area contributed by atoms with E-state index in [0.29, 0.717) is 11.3 Å². The van der Waals surface area contributed by atoms with E-state index in [1.165, 1.54) is 12.4 Å². The summed E-state index contributed by atoms with van der Waals surface area (Å²) in [7, 11) is 0. The second-order valence-corrected chi connectivity index (χ2v) is 7.74. The van der Waals surface area contributed by atoms with E-state index in [9.17, 15) is 23.5 Å². The Bertz CT molecular complexity index is 1240. The Kier molecular flexibility index (Phi) is 5.91. The minimum atomic E-state index is -1.21. The minimum absolute atomic E-state index is 0.0542. The van der Waals surface area contributed by atoms with Crippen LogP contribution in [0.4, 0.5) is 14.5 Å².